The lowest BCUT2D eigenvalue weighted by Crippen LogP contribution is -2.35. The van der Waals surface area contributed by atoms with Gasteiger partial charge in [-0.2, -0.15) is 5.10 Å². The number of anilines is 1. The number of carbonyl (C=O) groups is 1. The number of hydrogen-bond acceptors (Lipinski definition) is 4. The van der Waals surface area contributed by atoms with E-state index in [1.807, 2.05) is 0 Å². The average molecular weight is 182 g/mol. The van der Waals surface area contributed by atoms with Gasteiger partial charge in [-0.1, -0.05) is 0 Å². The average Bonchev–Trinajstić information content (AvgIpc) is 2.45. The number of nitrogens with two attached hydrogens (primary N) is 1. The number of aromatic nitrogens is 2. The van der Waals surface area contributed by atoms with Crippen LogP contribution < -0.4 is 11.1 Å². The number of rotatable bonds is 2. The minimum absolute atomic E-state index is 0.100. The molecule has 0 saturated carbocycles. The minimum atomic E-state index is -0.252. The lowest BCUT2D eigenvalue weighted by molar-refractivity contribution is 0.0854. The van der Waals surface area contributed by atoms with Crippen molar-refractivity contribution in [3.05, 3.63) is 11.9 Å². The quantitative estimate of drug-likeness (QED) is 0.676. The van der Waals surface area contributed by atoms with Crippen LogP contribution in [0.2, 0.25) is 0 Å². The molecule has 5 nitrogen and oxygen atoms in total. The first-order valence-corrected chi connectivity index (χ1v) is 4.09. The summed E-state index contributed by atoms with van der Waals surface area (Å²) in [7, 11) is 1.73. The Kier molecular flexibility index (Phi) is 2.67. The maximum Gasteiger partial charge on any atom is 0.263 e. The third-order valence-electron chi connectivity index (χ3n) is 2.06. The van der Waals surface area contributed by atoms with Crippen molar-refractivity contribution in [1.82, 2.24) is 15.1 Å². The molecule has 1 aromatic heterocycles. The van der Waals surface area contributed by atoms with E-state index >= 15 is 0 Å². The van der Waals surface area contributed by atoms with Crippen molar-refractivity contribution in [2.24, 2.45) is 0 Å². The maximum absolute atomic E-state index is 11.6. The van der Waals surface area contributed by atoms with E-state index in [0.29, 0.717) is 11.4 Å². The summed E-state index contributed by atoms with van der Waals surface area (Å²) in [5.74, 6) is -0.100. The molecule has 0 fully saturated rings. The number of hydrogen-bond donors (Lipinski definition) is 2. The van der Waals surface area contributed by atoms with Crippen LogP contribution in [-0.2, 0) is 0 Å². The molecule has 1 aromatic rings. The molecule has 0 spiro atoms. The summed E-state index contributed by atoms with van der Waals surface area (Å²) in [6.07, 6.45) is 1.48. The monoisotopic (exact) mass is 182 g/mol. The molecule has 1 unspecified atom stereocenters. The van der Waals surface area contributed by atoms with E-state index in [-0.39, 0.29) is 11.9 Å². The van der Waals surface area contributed by atoms with Gasteiger partial charge >= 0.3 is 0 Å². The Labute approximate surface area is 76.9 Å². The molecule has 0 aliphatic carbocycles. The zero-order valence-electron chi connectivity index (χ0n) is 8.03. The fraction of sp³-hybridized carbons (Fsp3) is 0.500. The summed E-state index contributed by atoms with van der Waals surface area (Å²) in [4.78, 5) is 11.6. The Bertz CT molecular complexity index is 318. The summed E-state index contributed by atoms with van der Waals surface area (Å²) >= 11 is 0. The van der Waals surface area contributed by atoms with Gasteiger partial charge in [-0.15, -0.1) is 0 Å². The number of likely N-dealkylation sites (N-methyl/N-ethyl adjacent to an activating group) is 1. The van der Waals surface area contributed by atoms with Crippen molar-refractivity contribution in [3.8, 4) is 0 Å². The van der Waals surface area contributed by atoms with Gasteiger partial charge in [0.1, 0.15) is 0 Å². The third kappa shape index (κ3) is 1.70. The Morgan fingerprint density at radius 2 is 2.38 bits per heavy atom. The predicted molar refractivity (Wildman–Crippen MR) is 50.5 cm³/mol. The van der Waals surface area contributed by atoms with Gasteiger partial charge in [0.2, 0.25) is 0 Å². The summed E-state index contributed by atoms with van der Waals surface area (Å²) in [5, 5.41) is 6.73. The molecule has 0 saturated heterocycles. The van der Waals surface area contributed by atoms with Gasteiger partial charge in [-0.25, -0.2) is 4.68 Å². The highest BCUT2D eigenvalue weighted by Crippen LogP contribution is 2.08. The van der Waals surface area contributed by atoms with E-state index in [0.717, 1.165) is 0 Å². The van der Waals surface area contributed by atoms with Crippen molar-refractivity contribution in [2.75, 3.05) is 12.8 Å². The lowest BCUT2D eigenvalue weighted by atomic mass is 10.3. The number of nitrogens with zero attached hydrogens (tertiary/aromatic N) is 2. The van der Waals surface area contributed by atoms with Crippen molar-refractivity contribution in [2.45, 2.75) is 19.9 Å². The molecule has 72 valence electrons. The summed E-state index contributed by atoms with van der Waals surface area (Å²) < 4.78 is 1.32. The molecule has 0 aromatic carbocycles. The van der Waals surface area contributed by atoms with Crippen LogP contribution in [0.3, 0.4) is 0 Å². The van der Waals surface area contributed by atoms with Gasteiger partial charge in [0.25, 0.3) is 5.91 Å². The van der Waals surface area contributed by atoms with Gasteiger partial charge < -0.3 is 11.1 Å². The zero-order valence-corrected chi connectivity index (χ0v) is 8.03. The predicted octanol–water partition coefficient (Wildman–Crippen LogP) is 0.0218. The fourth-order valence-corrected chi connectivity index (χ4v) is 0.951. The first-order valence-electron chi connectivity index (χ1n) is 4.09. The zero-order chi connectivity index (χ0) is 10.0. The van der Waals surface area contributed by atoms with Crippen LogP contribution in [0.1, 0.15) is 17.4 Å². The van der Waals surface area contributed by atoms with Crippen LogP contribution in [0.5, 0.6) is 0 Å². The van der Waals surface area contributed by atoms with Crippen molar-refractivity contribution >= 4 is 11.6 Å². The topological polar surface area (TPSA) is 72.9 Å². The first kappa shape index (κ1) is 9.73. The van der Waals surface area contributed by atoms with E-state index < -0.39 is 0 Å². The van der Waals surface area contributed by atoms with Crippen LogP contribution in [0.25, 0.3) is 0 Å². The summed E-state index contributed by atoms with van der Waals surface area (Å²) in [6.45, 7) is 3.54. The second-order valence-electron chi connectivity index (χ2n) is 2.95. The van der Waals surface area contributed by atoms with Crippen molar-refractivity contribution in [1.29, 1.82) is 0 Å². The Morgan fingerprint density at radius 1 is 1.77 bits per heavy atom. The molecule has 0 radical (unpaired) electrons. The SMILES string of the molecule is CNC(C)C(=O)n1ncc(N)c1C. The summed E-state index contributed by atoms with van der Waals surface area (Å²) in [5.41, 5.74) is 6.79. The molecule has 1 atom stereocenters. The molecule has 0 aliphatic heterocycles. The van der Waals surface area contributed by atoms with Crippen molar-refractivity contribution in [3.63, 3.8) is 0 Å². The normalized spacial score (nSPS) is 12.8. The van der Waals surface area contributed by atoms with Gasteiger partial charge in [0.15, 0.2) is 0 Å². The van der Waals surface area contributed by atoms with Crippen LogP contribution in [-0.4, -0.2) is 28.8 Å². The second kappa shape index (κ2) is 3.57. The summed E-state index contributed by atoms with van der Waals surface area (Å²) in [6, 6.07) is -0.252. The van der Waals surface area contributed by atoms with E-state index in [9.17, 15) is 4.79 Å². The second-order valence-corrected chi connectivity index (χ2v) is 2.95. The van der Waals surface area contributed by atoms with Gasteiger partial charge in [0, 0.05) is 0 Å². The van der Waals surface area contributed by atoms with Gasteiger partial charge in [0.05, 0.1) is 23.6 Å². The maximum atomic E-state index is 11.6. The molecule has 5 heteroatoms. The third-order valence-corrected chi connectivity index (χ3v) is 2.06. The molecular weight excluding hydrogens is 168 g/mol. The molecule has 1 heterocycles. The fourth-order valence-electron chi connectivity index (χ4n) is 0.951. The van der Waals surface area contributed by atoms with E-state index in [1.165, 1.54) is 10.9 Å². The van der Waals surface area contributed by atoms with Gasteiger partial charge in [-0.3, -0.25) is 4.79 Å². The van der Waals surface area contributed by atoms with E-state index in [4.69, 9.17) is 5.73 Å². The van der Waals surface area contributed by atoms with Crippen molar-refractivity contribution < 1.29 is 4.79 Å². The minimum Gasteiger partial charge on any atom is -0.396 e. The molecule has 13 heavy (non-hydrogen) atoms. The molecular formula is C8H14N4O. The first-order chi connectivity index (χ1) is 6.07. The van der Waals surface area contributed by atoms with Gasteiger partial charge in [-0.05, 0) is 20.9 Å². The largest absolute Gasteiger partial charge is 0.396 e. The Hall–Kier alpha value is -1.36. The van der Waals surface area contributed by atoms with Crippen LogP contribution in [0.15, 0.2) is 6.20 Å². The number of nitrogen functional groups attached to an aromatic ring is 1. The van der Waals surface area contributed by atoms with Crippen LogP contribution in [0.4, 0.5) is 5.69 Å². The molecule has 0 aliphatic rings. The Morgan fingerprint density at radius 3 is 2.77 bits per heavy atom. The van der Waals surface area contributed by atoms with E-state index in [2.05, 4.69) is 10.4 Å². The number of carbonyl (C=O) groups excluding carboxylic acids is 1. The van der Waals surface area contributed by atoms with Crippen LogP contribution >= 0.6 is 0 Å². The van der Waals surface area contributed by atoms with E-state index in [1.54, 1.807) is 20.9 Å². The smallest absolute Gasteiger partial charge is 0.263 e. The number of nitrogens with one attached hydrogen (secondary N) is 1. The molecule has 1 rings (SSSR count). The molecule has 3 N–H and O–H groups in total. The highest BCUT2D eigenvalue weighted by atomic mass is 16.2. The molecule has 0 bridgehead atoms. The lowest BCUT2D eigenvalue weighted by Gasteiger charge is -2.09. The standard InChI is InChI=1S/C8H14N4O/c1-5(10-3)8(13)12-6(2)7(9)4-11-12/h4-5,10H,9H2,1-3H3. The highest BCUT2D eigenvalue weighted by molar-refractivity contribution is 5.84. The van der Waals surface area contributed by atoms with Crippen LogP contribution in [0, 0.1) is 6.92 Å². The Balaban J connectivity index is 2.95. The molecule has 0 amide bonds. The highest BCUT2D eigenvalue weighted by Gasteiger charge is 2.16.